The van der Waals surface area contributed by atoms with Gasteiger partial charge < -0.3 is 21.5 Å². The summed E-state index contributed by atoms with van der Waals surface area (Å²) in [4.78, 5) is 33.1. The first-order chi connectivity index (χ1) is 8.41. The molecule has 0 radical (unpaired) electrons. The largest absolute Gasteiger partial charge is 0.478 e. The molecule has 0 saturated carbocycles. The standard InChI is InChI=1S/C11H13N3O4/c1-6(13-11(12)18)9(15)14-8-5-3-2-4-7(8)10(16)17/h2-6H,1H3,(H,14,15)(H,16,17)(H3,12,13,18). The second-order valence-electron chi connectivity index (χ2n) is 3.57. The molecule has 0 aliphatic carbocycles. The number of carbonyl (C=O) groups excluding carboxylic acids is 2. The smallest absolute Gasteiger partial charge is 0.337 e. The molecule has 1 aromatic rings. The Morgan fingerprint density at radius 2 is 1.89 bits per heavy atom. The van der Waals surface area contributed by atoms with Crippen LogP contribution in [0.4, 0.5) is 10.5 Å². The van der Waals surface area contributed by atoms with Gasteiger partial charge in [0, 0.05) is 0 Å². The number of anilines is 1. The molecule has 0 aliphatic rings. The number of carbonyl (C=O) groups is 3. The molecule has 3 amide bonds. The number of rotatable bonds is 4. The third kappa shape index (κ3) is 3.48. The number of nitrogens with one attached hydrogen (secondary N) is 2. The number of aromatic carboxylic acids is 1. The molecule has 18 heavy (non-hydrogen) atoms. The van der Waals surface area contributed by atoms with Crippen molar-refractivity contribution in [3.05, 3.63) is 29.8 Å². The summed E-state index contributed by atoms with van der Waals surface area (Å²) in [5, 5.41) is 13.5. The highest BCUT2D eigenvalue weighted by Crippen LogP contribution is 2.14. The van der Waals surface area contributed by atoms with Crippen LogP contribution >= 0.6 is 0 Å². The lowest BCUT2D eigenvalue weighted by Gasteiger charge is -2.13. The molecule has 1 rings (SSSR count). The zero-order valence-electron chi connectivity index (χ0n) is 9.64. The highest BCUT2D eigenvalue weighted by Gasteiger charge is 2.17. The summed E-state index contributed by atoms with van der Waals surface area (Å²) in [5.74, 6) is -1.70. The molecule has 0 aromatic heterocycles. The van der Waals surface area contributed by atoms with E-state index in [0.29, 0.717) is 0 Å². The highest BCUT2D eigenvalue weighted by atomic mass is 16.4. The van der Waals surface area contributed by atoms with Gasteiger partial charge in [-0.3, -0.25) is 4.79 Å². The molecule has 0 aliphatic heterocycles. The fourth-order valence-corrected chi connectivity index (χ4v) is 1.30. The molecule has 0 fully saturated rings. The van der Waals surface area contributed by atoms with Crippen LogP contribution in [0.3, 0.4) is 0 Å². The van der Waals surface area contributed by atoms with Gasteiger partial charge >= 0.3 is 12.0 Å². The zero-order valence-corrected chi connectivity index (χ0v) is 9.64. The molecule has 0 spiro atoms. The zero-order chi connectivity index (χ0) is 13.7. The molecule has 7 nitrogen and oxygen atoms in total. The van der Waals surface area contributed by atoms with Gasteiger partial charge in [0.05, 0.1) is 11.3 Å². The first kappa shape index (κ1) is 13.5. The molecule has 0 heterocycles. The Labute approximate surface area is 103 Å². The van der Waals surface area contributed by atoms with Crippen molar-refractivity contribution in [1.29, 1.82) is 0 Å². The van der Waals surface area contributed by atoms with Crippen LogP contribution < -0.4 is 16.4 Å². The van der Waals surface area contributed by atoms with Gasteiger partial charge in [-0.05, 0) is 19.1 Å². The number of urea groups is 1. The minimum Gasteiger partial charge on any atom is -0.478 e. The fraction of sp³-hybridized carbons (Fsp3) is 0.182. The average molecular weight is 251 g/mol. The molecular weight excluding hydrogens is 238 g/mol. The van der Waals surface area contributed by atoms with Crippen LogP contribution in [0.2, 0.25) is 0 Å². The summed E-state index contributed by atoms with van der Waals surface area (Å²) >= 11 is 0. The molecule has 1 unspecified atom stereocenters. The number of hydrogen-bond acceptors (Lipinski definition) is 3. The monoisotopic (exact) mass is 251 g/mol. The van der Waals surface area contributed by atoms with Crippen LogP contribution in [-0.4, -0.2) is 29.1 Å². The van der Waals surface area contributed by atoms with E-state index in [9.17, 15) is 14.4 Å². The highest BCUT2D eigenvalue weighted by molar-refractivity contribution is 6.02. The number of amides is 3. The Bertz CT molecular complexity index is 487. The van der Waals surface area contributed by atoms with Crippen molar-refractivity contribution in [3.8, 4) is 0 Å². The van der Waals surface area contributed by atoms with E-state index in [4.69, 9.17) is 10.8 Å². The number of para-hydroxylation sites is 1. The van der Waals surface area contributed by atoms with Crippen molar-refractivity contribution in [2.75, 3.05) is 5.32 Å². The lowest BCUT2D eigenvalue weighted by molar-refractivity contribution is -0.117. The van der Waals surface area contributed by atoms with Crippen molar-refractivity contribution < 1.29 is 19.5 Å². The number of nitrogens with two attached hydrogens (primary N) is 1. The summed E-state index contributed by atoms with van der Waals surface area (Å²) in [6, 6.07) is 4.27. The maximum atomic E-state index is 11.6. The van der Waals surface area contributed by atoms with Crippen molar-refractivity contribution in [2.24, 2.45) is 5.73 Å². The van der Waals surface area contributed by atoms with Crippen LogP contribution in [0.15, 0.2) is 24.3 Å². The summed E-state index contributed by atoms with van der Waals surface area (Å²) < 4.78 is 0. The van der Waals surface area contributed by atoms with E-state index in [0.717, 1.165) is 0 Å². The van der Waals surface area contributed by atoms with E-state index in [1.807, 2.05) is 0 Å². The van der Waals surface area contributed by atoms with Crippen molar-refractivity contribution in [2.45, 2.75) is 13.0 Å². The van der Waals surface area contributed by atoms with Crippen LogP contribution in [0.1, 0.15) is 17.3 Å². The second-order valence-corrected chi connectivity index (χ2v) is 3.57. The van der Waals surface area contributed by atoms with Crippen molar-refractivity contribution in [3.63, 3.8) is 0 Å². The van der Waals surface area contributed by atoms with E-state index >= 15 is 0 Å². The first-order valence-corrected chi connectivity index (χ1v) is 5.11. The Morgan fingerprint density at radius 3 is 2.44 bits per heavy atom. The molecular formula is C11H13N3O4. The van der Waals surface area contributed by atoms with Crippen LogP contribution in [0.25, 0.3) is 0 Å². The SMILES string of the molecule is CC(NC(N)=O)C(=O)Nc1ccccc1C(=O)O. The summed E-state index contributed by atoms with van der Waals surface area (Å²) in [5.41, 5.74) is 5.01. The van der Waals surface area contributed by atoms with Crippen molar-refractivity contribution in [1.82, 2.24) is 5.32 Å². The number of carboxylic acids is 1. The lowest BCUT2D eigenvalue weighted by Crippen LogP contribution is -2.44. The summed E-state index contributed by atoms with van der Waals surface area (Å²) in [6.07, 6.45) is 0. The fourth-order valence-electron chi connectivity index (χ4n) is 1.30. The number of primary amides is 1. The molecule has 0 bridgehead atoms. The summed E-state index contributed by atoms with van der Waals surface area (Å²) in [6.45, 7) is 1.43. The maximum Gasteiger partial charge on any atom is 0.337 e. The molecule has 96 valence electrons. The van der Waals surface area contributed by atoms with Crippen LogP contribution in [0, 0.1) is 0 Å². The van der Waals surface area contributed by atoms with Gasteiger partial charge in [-0.1, -0.05) is 12.1 Å². The Kier molecular flexibility index (Phi) is 4.25. The number of benzene rings is 1. The van der Waals surface area contributed by atoms with E-state index in [-0.39, 0.29) is 11.3 Å². The van der Waals surface area contributed by atoms with E-state index in [1.54, 1.807) is 12.1 Å². The average Bonchev–Trinajstić information content (AvgIpc) is 2.28. The molecule has 5 N–H and O–H groups in total. The van der Waals surface area contributed by atoms with Crippen LogP contribution in [0.5, 0.6) is 0 Å². The predicted octanol–water partition coefficient (Wildman–Crippen LogP) is 0.380. The number of carboxylic acid groups (broad SMARTS) is 1. The Morgan fingerprint density at radius 1 is 1.28 bits per heavy atom. The molecule has 1 aromatic carbocycles. The van der Waals surface area contributed by atoms with Gasteiger partial charge in [-0.15, -0.1) is 0 Å². The van der Waals surface area contributed by atoms with Gasteiger partial charge in [-0.2, -0.15) is 0 Å². The summed E-state index contributed by atoms with van der Waals surface area (Å²) in [7, 11) is 0. The quantitative estimate of drug-likeness (QED) is 0.617. The van der Waals surface area contributed by atoms with Gasteiger partial charge in [-0.25, -0.2) is 9.59 Å². The van der Waals surface area contributed by atoms with Crippen LogP contribution in [-0.2, 0) is 4.79 Å². The van der Waals surface area contributed by atoms with Crippen molar-refractivity contribution >= 4 is 23.6 Å². The maximum absolute atomic E-state index is 11.6. The van der Waals surface area contributed by atoms with Gasteiger partial charge in [0.1, 0.15) is 6.04 Å². The molecule has 1 atom stereocenters. The normalized spacial score (nSPS) is 11.4. The first-order valence-electron chi connectivity index (χ1n) is 5.11. The molecule has 7 heteroatoms. The lowest BCUT2D eigenvalue weighted by atomic mass is 10.1. The molecule has 0 saturated heterocycles. The number of hydrogen-bond donors (Lipinski definition) is 4. The van der Waals surface area contributed by atoms with Gasteiger partial charge in [0.2, 0.25) is 5.91 Å². The minimum atomic E-state index is -1.15. The topological polar surface area (TPSA) is 122 Å². The third-order valence-corrected chi connectivity index (χ3v) is 2.17. The van der Waals surface area contributed by atoms with E-state index < -0.39 is 23.9 Å². The Hall–Kier alpha value is -2.57. The minimum absolute atomic E-state index is 0.0304. The Balaban J connectivity index is 2.82. The van der Waals surface area contributed by atoms with E-state index in [1.165, 1.54) is 19.1 Å². The predicted molar refractivity (Wildman–Crippen MR) is 64.2 cm³/mol. The van der Waals surface area contributed by atoms with Gasteiger partial charge in [0.25, 0.3) is 0 Å². The second kappa shape index (κ2) is 5.67. The van der Waals surface area contributed by atoms with E-state index in [2.05, 4.69) is 10.6 Å². The van der Waals surface area contributed by atoms with Gasteiger partial charge in [0.15, 0.2) is 0 Å². The third-order valence-electron chi connectivity index (χ3n) is 2.17.